The Kier molecular flexibility index (Phi) is 8.08. The van der Waals surface area contributed by atoms with Gasteiger partial charge in [0, 0.05) is 41.2 Å². The van der Waals surface area contributed by atoms with Gasteiger partial charge in [0.2, 0.25) is 5.82 Å². The maximum atomic E-state index is 14.7. The average Bonchev–Trinajstić information content (AvgIpc) is 3.30. The lowest BCUT2D eigenvalue weighted by atomic mass is 10.1. The molecule has 4 rings (SSSR count). The van der Waals surface area contributed by atoms with E-state index in [0.717, 1.165) is 0 Å². The number of ether oxygens (including phenoxy) is 2. The molecule has 0 aliphatic carbocycles. The number of methoxy groups -OCH3 is 1. The van der Waals surface area contributed by atoms with Crippen LogP contribution >= 0.6 is 15.9 Å². The molecule has 4 aromatic rings. The zero-order chi connectivity index (χ0) is 25.7. The van der Waals surface area contributed by atoms with Gasteiger partial charge >= 0.3 is 0 Å². The molecule has 0 saturated carbocycles. The van der Waals surface area contributed by atoms with Crippen LogP contribution in [0, 0.1) is 11.6 Å². The van der Waals surface area contributed by atoms with Crippen molar-refractivity contribution in [3.63, 3.8) is 0 Å². The Labute approximate surface area is 213 Å². The summed E-state index contributed by atoms with van der Waals surface area (Å²) in [6, 6.07) is 7.90. The van der Waals surface area contributed by atoms with Crippen molar-refractivity contribution in [1.82, 2.24) is 19.7 Å². The Morgan fingerprint density at radius 1 is 1.17 bits per heavy atom. The number of anilines is 2. The maximum Gasteiger partial charge on any atom is 0.252 e. The smallest absolute Gasteiger partial charge is 0.252 e. The molecule has 36 heavy (non-hydrogen) atoms. The number of nitrogens with zero attached hydrogens (tertiary/aromatic N) is 3. The second kappa shape index (κ2) is 11.4. The van der Waals surface area contributed by atoms with Crippen molar-refractivity contribution >= 4 is 39.0 Å². The summed E-state index contributed by atoms with van der Waals surface area (Å²) in [5.74, 6) is -2.16. The number of aromatic nitrogens is 3. The summed E-state index contributed by atoms with van der Waals surface area (Å²) < 4.78 is 41.2. The van der Waals surface area contributed by atoms with E-state index in [2.05, 4.69) is 36.5 Å². The maximum absolute atomic E-state index is 14.7. The van der Waals surface area contributed by atoms with Gasteiger partial charge in [-0.15, -0.1) is 0 Å². The van der Waals surface area contributed by atoms with Gasteiger partial charge in [0.25, 0.3) is 5.91 Å². The summed E-state index contributed by atoms with van der Waals surface area (Å²) >= 11 is 3.43. The molecule has 0 atom stereocenters. The third-order valence-corrected chi connectivity index (χ3v) is 5.90. The first-order valence-electron chi connectivity index (χ1n) is 10.9. The molecule has 0 radical (unpaired) electrons. The van der Waals surface area contributed by atoms with Gasteiger partial charge in [0.1, 0.15) is 0 Å². The van der Waals surface area contributed by atoms with Crippen LogP contribution in [0.5, 0.6) is 5.75 Å². The number of benzene rings is 2. The molecule has 0 spiro atoms. The van der Waals surface area contributed by atoms with E-state index in [1.54, 1.807) is 28.8 Å². The first-order valence-corrected chi connectivity index (χ1v) is 11.7. The Morgan fingerprint density at radius 2 is 2.00 bits per heavy atom. The fourth-order valence-electron chi connectivity index (χ4n) is 3.52. The van der Waals surface area contributed by atoms with Crippen molar-refractivity contribution < 1.29 is 23.0 Å². The zero-order valence-corrected chi connectivity index (χ0v) is 20.8. The molecular weight excluding hydrogens is 538 g/mol. The number of rotatable bonds is 10. The molecule has 2 aromatic carbocycles. The van der Waals surface area contributed by atoms with E-state index in [1.807, 2.05) is 0 Å². The predicted molar refractivity (Wildman–Crippen MR) is 135 cm³/mol. The number of hydrogen-bond donors (Lipinski definition) is 3. The van der Waals surface area contributed by atoms with Crippen molar-refractivity contribution in [3.8, 4) is 17.0 Å². The number of carbonyl (C=O) groups is 1. The molecule has 0 unspecified atom stereocenters. The highest BCUT2D eigenvalue weighted by atomic mass is 79.9. The first-order chi connectivity index (χ1) is 17.4. The van der Waals surface area contributed by atoms with Crippen LogP contribution in [0.2, 0.25) is 0 Å². The molecule has 0 aliphatic heterocycles. The van der Waals surface area contributed by atoms with Crippen LogP contribution < -0.4 is 21.1 Å². The van der Waals surface area contributed by atoms with Crippen LogP contribution in [0.1, 0.15) is 10.4 Å². The number of nitrogens with two attached hydrogens (primary N) is 1. The molecule has 0 bridgehead atoms. The fourth-order valence-corrected chi connectivity index (χ4v) is 4.08. The van der Waals surface area contributed by atoms with Crippen LogP contribution in [-0.4, -0.2) is 53.7 Å². The number of hydrogen-bond acceptors (Lipinski definition) is 7. The number of amides is 1. The topological polar surface area (TPSA) is 116 Å². The Bertz CT molecular complexity index is 1400. The molecule has 9 nitrogen and oxygen atoms in total. The SMILES string of the molecule is COc1ccc(-c2cnc3c(Nc4ccc(C(=O)NCCOCCN)c(Br)c4)nccn23)c(F)c1F. The van der Waals surface area contributed by atoms with E-state index in [1.165, 1.54) is 31.6 Å². The van der Waals surface area contributed by atoms with Crippen molar-refractivity contribution in [2.75, 3.05) is 38.7 Å². The third kappa shape index (κ3) is 5.30. The van der Waals surface area contributed by atoms with Crippen LogP contribution in [0.3, 0.4) is 0 Å². The lowest BCUT2D eigenvalue weighted by molar-refractivity contribution is 0.0919. The number of nitrogens with one attached hydrogen (secondary N) is 2. The summed E-state index contributed by atoms with van der Waals surface area (Å²) in [6.45, 7) is 1.59. The standard InChI is InChI=1S/C24H23BrF2N6O3/c1-35-19-5-4-16(20(26)21(19)27)18-13-31-23-22(29-7-9-33(18)23)32-14-2-3-15(17(25)12-14)24(34)30-8-11-36-10-6-28/h2-5,7,9,12-13H,6,8,10-11,28H2,1H3,(H,29,32)(H,30,34). The van der Waals surface area contributed by atoms with Gasteiger partial charge in [-0.3, -0.25) is 9.20 Å². The Balaban J connectivity index is 1.54. The molecule has 12 heteroatoms. The van der Waals surface area contributed by atoms with Crippen molar-refractivity contribution in [2.45, 2.75) is 0 Å². The lowest BCUT2D eigenvalue weighted by Gasteiger charge is -2.11. The Hall–Kier alpha value is -3.61. The fraction of sp³-hybridized carbons (Fsp3) is 0.208. The monoisotopic (exact) mass is 560 g/mol. The molecule has 0 saturated heterocycles. The largest absolute Gasteiger partial charge is 0.494 e. The zero-order valence-electron chi connectivity index (χ0n) is 19.2. The number of fused-ring (bicyclic) bond motifs is 1. The van der Waals surface area contributed by atoms with Crippen LogP contribution in [0.15, 0.2) is 53.4 Å². The molecule has 2 aromatic heterocycles. The molecule has 1 amide bonds. The van der Waals surface area contributed by atoms with E-state index in [9.17, 15) is 13.6 Å². The highest BCUT2D eigenvalue weighted by molar-refractivity contribution is 9.10. The summed E-state index contributed by atoms with van der Waals surface area (Å²) in [5.41, 5.74) is 7.23. The van der Waals surface area contributed by atoms with Gasteiger partial charge in [-0.2, -0.15) is 4.39 Å². The molecule has 2 heterocycles. The summed E-state index contributed by atoms with van der Waals surface area (Å²) in [5, 5.41) is 5.93. The van der Waals surface area contributed by atoms with E-state index < -0.39 is 11.6 Å². The van der Waals surface area contributed by atoms with E-state index in [4.69, 9.17) is 15.2 Å². The third-order valence-electron chi connectivity index (χ3n) is 5.24. The average molecular weight is 561 g/mol. The molecule has 4 N–H and O–H groups in total. The lowest BCUT2D eigenvalue weighted by Crippen LogP contribution is -2.28. The summed E-state index contributed by atoms with van der Waals surface area (Å²) in [6.07, 6.45) is 4.56. The number of carbonyl (C=O) groups excluding carboxylic acids is 1. The van der Waals surface area contributed by atoms with E-state index in [-0.39, 0.29) is 17.2 Å². The molecule has 0 fully saturated rings. The van der Waals surface area contributed by atoms with Gasteiger partial charge in [-0.05, 0) is 46.3 Å². The first kappa shape index (κ1) is 25.5. The normalized spacial score (nSPS) is 11.0. The van der Waals surface area contributed by atoms with Crippen LogP contribution in [-0.2, 0) is 4.74 Å². The second-order valence-corrected chi connectivity index (χ2v) is 8.39. The van der Waals surface area contributed by atoms with Gasteiger partial charge in [0.05, 0.1) is 37.8 Å². The second-order valence-electron chi connectivity index (χ2n) is 7.53. The van der Waals surface area contributed by atoms with E-state index >= 15 is 0 Å². The van der Waals surface area contributed by atoms with Crippen LogP contribution in [0.25, 0.3) is 16.9 Å². The predicted octanol–water partition coefficient (Wildman–Crippen LogP) is 3.89. The van der Waals surface area contributed by atoms with E-state index in [0.29, 0.717) is 59.2 Å². The summed E-state index contributed by atoms with van der Waals surface area (Å²) in [7, 11) is 1.27. The van der Waals surface area contributed by atoms with Crippen LogP contribution in [0.4, 0.5) is 20.3 Å². The molecule has 0 aliphatic rings. The quantitative estimate of drug-likeness (QED) is 0.252. The van der Waals surface area contributed by atoms with Gasteiger partial charge in [-0.1, -0.05) is 0 Å². The number of imidazole rings is 1. The molecular formula is C24H23BrF2N6O3. The minimum atomic E-state index is -1.07. The van der Waals surface area contributed by atoms with Gasteiger partial charge in [0.15, 0.2) is 23.0 Å². The summed E-state index contributed by atoms with van der Waals surface area (Å²) in [4.78, 5) is 21.1. The van der Waals surface area contributed by atoms with Crippen molar-refractivity contribution in [3.05, 3.63) is 70.6 Å². The van der Waals surface area contributed by atoms with Crippen molar-refractivity contribution in [1.29, 1.82) is 0 Å². The van der Waals surface area contributed by atoms with Gasteiger partial charge < -0.3 is 25.8 Å². The highest BCUT2D eigenvalue weighted by Gasteiger charge is 2.19. The number of halogens is 3. The highest BCUT2D eigenvalue weighted by Crippen LogP contribution is 2.32. The minimum Gasteiger partial charge on any atom is -0.494 e. The van der Waals surface area contributed by atoms with Gasteiger partial charge in [-0.25, -0.2) is 14.4 Å². The van der Waals surface area contributed by atoms with Crippen molar-refractivity contribution in [2.24, 2.45) is 5.73 Å². The Morgan fingerprint density at radius 3 is 2.75 bits per heavy atom. The molecule has 188 valence electrons. The minimum absolute atomic E-state index is 0.0319.